The van der Waals surface area contributed by atoms with E-state index < -0.39 is 0 Å². The van der Waals surface area contributed by atoms with Crippen molar-refractivity contribution in [3.05, 3.63) is 59.4 Å². The molecule has 2 aliphatic rings. The first-order valence-corrected chi connectivity index (χ1v) is 10.3. The quantitative estimate of drug-likeness (QED) is 0.759. The molecule has 0 unspecified atom stereocenters. The van der Waals surface area contributed by atoms with Gasteiger partial charge in [0.1, 0.15) is 11.6 Å². The number of benzene rings is 2. The first-order chi connectivity index (χ1) is 14.6. The summed E-state index contributed by atoms with van der Waals surface area (Å²) in [6, 6.07) is 11.9. The summed E-state index contributed by atoms with van der Waals surface area (Å²) in [6.07, 6.45) is 1.36. The Bertz CT molecular complexity index is 941. The molecule has 0 bridgehead atoms. The normalized spacial score (nSPS) is 17.5. The Labute approximate surface area is 175 Å². The van der Waals surface area contributed by atoms with E-state index in [9.17, 15) is 14.0 Å². The average molecular weight is 411 g/mol. The average Bonchev–Trinajstić information content (AvgIpc) is 3.20. The van der Waals surface area contributed by atoms with Gasteiger partial charge in [-0.1, -0.05) is 12.1 Å². The maximum atomic E-state index is 13.6. The zero-order chi connectivity index (χ0) is 21.1. The summed E-state index contributed by atoms with van der Waals surface area (Å²) in [6.45, 7) is 3.78. The van der Waals surface area contributed by atoms with Crippen LogP contribution >= 0.6 is 0 Å². The Kier molecular flexibility index (Phi) is 5.99. The number of methoxy groups -OCH3 is 1. The Morgan fingerprint density at radius 3 is 2.53 bits per heavy atom. The van der Waals surface area contributed by atoms with Gasteiger partial charge in [-0.3, -0.25) is 14.5 Å². The summed E-state index contributed by atoms with van der Waals surface area (Å²) < 4.78 is 19.0. The second kappa shape index (κ2) is 8.83. The van der Waals surface area contributed by atoms with Crippen LogP contribution in [-0.4, -0.2) is 61.4 Å². The van der Waals surface area contributed by atoms with Crippen LogP contribution < -0.4 is 9.64 Å². The van der Waals surface area contributed by atoms with Gasteiger partial charge in [0.25, 0.3) is 5.91 Å². The number of piperazine rings is 1. The number of ether oxygens (including phenoxy) is 1. The van der Waals surface area contributed by atoms with E-state index in [1.165, 1.54) is 12.1 Å². The van der Waals surface area contributed by atoms with Gasteiger partial charge in [-0.15, -0.1) is 0 Å². The third-order valence-corrected chi connectivity index (χ3v) is 5.79. The fraction of sp³-hybridized carbons (Fsp3) is 0.391. The number of halogens is 1. The number of amides is 2. The molecule has 0 spiro atoms. The molecule has 6 nitrogen and oxygen atoms in total. The van der Waals surface area contributed by atoms with Gasteiger partial charge in [0, 0.05) is 51.3 Å². The second-order valence-corrected chi connectivity index (χ2v) is 7.69. The van der Waals surface area contributed by atoms with Crippen molar-refractivity contribution in [1.82, 2.24) is 9.80 Å². The minimum atomic E-state index is -0.285. The van der Waals surface area contributed by atoms with Gasteiger partial charge in [0.2, 0.25) is 5.91 Å². The summed E-state index contributed by atoms with van der Waals surface area (Å²) in [5.74, 6) is 0.407. The topological polar surface area (TPSA) is 53.1 Å². The zero-order valence-corrected chi connectivity index (χ0v) is 17.1. The predicted octanol–water partition coefficient (Wildman–Crippen LogP) is 2.92. The first-order valence-electron chi connectivity index (χ1n) is 10.3. The molecule has 2 fully saturated rings. The fourth-order valence-corrected chi connectivity index (χ4v) is 4.18. The number of para-hydroxylation sites is 1. The van der Waals surface area contributed by atoms with E-state index in [4.69, 9.17) is 4.74 Å². The number of rotatable bonds is 5. The Balaban J connectivity index is 1.42. The molecule has 0 aromatic heterocycles. The molecule has 2 amide bonds. The van der Waals surface area contributed by atoms with Gasteiger partial charge in [-0.2, -0.15) is 0 Å². The highest BCUT2D eigenvalue weighted by Gasteiger charge is 2.29. The number of carbonyl (C=O) groups is 2. The largest absolute Gasteiger partial charge is 0.496 e. The molecule has 30 heavy (non-hydrogen) atoms. The lowest BCUT2D eigenvalue weighted by molar-refractivity contribution is -0.117. The van der Waals surface area contributed by atoms with Crippen molar-refractivity contribution in [3.8, 4) is 5.75 Å². The molecule has 0 radical (unpaired) electrons. The SMILES string of the molecule is COc1ccc(F)cc1CN1CCN(C(=O)c2ccccc2N2CCCC2=O)CC1. The van der Waals surface area contributed by atoms with Crippen LogP contribution in [0.15, 0.2) is 42.5 Å². The monoisotopic (exact) mass is 411 g/mol. The highest BCUT2D eigenvalue weighted by Crippen LogP contribution is 2.27. The maximum absolute atomic E-state index is 13.6. The van der Waals surface area contributed by atoms with E-state index >= 15 is 0 Å². The van der Waals surface area contributed by atoms with Crippen molar-refractivity contribution in [2.45, 2.75) is 19.4 Å². The van der Waals surface area contributed by atoms with E-state index in [0.29, 0.717) is 62.7 Å². The van der Waals surface area contributed by atoms with Crippen molar-refractivity contribution in [2.24, 2.45) is 0 Å². The molecule has 0 atom stereocenters. The van der Waals surface area contributed by atoms with Gasteiger partial charge >= 0.3 is 0 Å². The smallest absolute Gasteiger partial charge is 0.256 e. The van der Waals surface area contributed by atoms with Crippen molar-refractivity contribution in [3.63, 3.8) is 0 Å². The van der Waals surface area contributed by atoms with Crippen molar-refractivity contribution >= 4 is 17.5 Å². The molecule has 2 saturated heterocycles. The summed E-state index contributed by atoms with van der Waals surface area (Å²) in [7, 11) is 1.58. The lowest BCUT2D eigenvalue weighted by Crippen LogP contribution is -2.48. The first kappa shape index (κ1) is 20.3. The summed E-state index contributed by atoms with van der Waals surface area (Å²) in [4.78, 5) is 31.1. The van der Waals surface area contributed by atoms with E-state index in [-0.39, 0.29) is 17.6 Å². The molecule has 2 aliphatic heterocycles. The Hall–Kier alpha value is -2.93. The third-order valence-electron chi connectivity index (χ3n) is 5.79. The third kappa shape index (κ3) is 4.16. The number of carbonyl (C=O) groups excluding carboxylic acids is 2. The minimum absolute atomic E-state index is 0.0479. The van der Waals surface area contributed by atoms with Crippen LogP contribution in [0.5, 0.6) is 5.75 Å². The lowest BCUT2D eigenvalue weighted by atomic mass is 10.1. The fourth-order valence-electron chi connectivity index (χ4n) is 4.18. The molecule has 0 saturated carbocycles. The van der Waals surface area contributed by atoms with Gasteiger partial charge < -0.3 is 14.5 Å². The predicted molar refractivity (Wildman–Crippen MR) is 112 cm³/mol. The molecule has 4 rings (SSSR count). The molecular formula is C23H26FN3O3. The van der Waals surface area contributed by atoms with Crippen molar-refractivity contribution < 1.29 is 18.7 Å². The van der Waals surface area contributed by atoms with E-state index in [1.54, 1.807) is 24.1 Å². The molecule has 2 aromatic carbocycles. The molecule has 7 heteroatoms. The van der Waals surface area contributed by atoms with Crippen LogP contribution in [0.3, 0.4) is 0 Å². The summed E-state index contributed by atoms with van der Waals surface area (Å²) in [5.41, 5.74) is 2.08. The molecular weight excluding hydrogens is 385 g/mol. The Morgan fingerprint density at radius 2 is 1.83 bits per heavy atom. The van der Waals surface area contributed by atoms with Crippen LogP contribution in [0.1, 0.15) is 28.8 Å². The zero-order valence-electron chi connectivity index (χ0n) is 17.1. The van der Waals surface area contributed by atoms with Gasteiger partial charge in [-0.25, -0.2) is 4.39 Å². The molecule has 2 aromatic rings. The van der Waals surface area contributed by atoms with Gasteiger partial charge in [0.15, 0.2) is 0 Å². The molecule has 0 N–H and O–H groups in total. The van der Waals surface area contributed by atoms with Crippen LogP contribution in [0.2, 0.25) is 0 Å². The summed E-state index contributed by atoms with van der Waals surface area (Å²) in [5, 5.41) is 0. The number of nitrogens with zero attached hydrogens (tertiary/aromatic N) is 3. The van der Waals surface area contributed by atoms with Gasteiger partial charge in [-0.05, 0) is 36.8 Å². The highest BCUT2D eigenvalue weighted by atomic mass is 19.1. The van der Waals surface area contributed by atoms with Crippen LogP contribution in [0.25, 0.3) is 0 Å². The minimum Gasteiger partial charge on any atom is -0.496 e. The van der Waals surface area contributed by atoms with Crippen molar-refractivity contribution in [2.75, 3.05) is 44.7 Å². The number of hydrogen-bond donors (Lipinski definition) is 0. The van der Waals surface area contributed by atoms with Crippen LogP contribution in [0.4, 0.5) is 10.1 Å². The lowest BCUT2D eigenvalue weighted by Gasteiger charge is -2.35. The Morgan fingerprint density at radius 1 is 1.07 bits per heavy atom. The molecule has 2 heterocycles. The van der Waals surface area contributed by atoms with E-state index in [1.807, 2.05) is 23.1 Å². The number of hydrogen-bond acceptors (Lipinski definition) is 4. The molecule has 158 valence electrons. The van der Waals surface area contributed by atoms with Gasteiger partial charge in [0.05, 0.1) is 18.4 Å². The maximum Gasteiger partial charge on any atom is 0.256 e. The standard InChI is InChI=1S/C23H26FN3O3/c1-30-21-9-8-18(24)15-17(21)16-25-11-13-26(14-12-25)23(29)19-5-2-3-6-20(19)27-10-4-7-22(27)28/h2-3,5-6,8-9,15H,4,7,10-14,16H2,1H3. The van der Waals surface area contributed by atoms with E-state index in [0.717, 1.165) is 12.0 Å². The summed E-state index contributed by atoms with van der Waals surface area (Å²) >= 11 is 0. The van der Waals surface area contributed by atoms with Crippen LogP contribution in [0, 0.1) is 5.82 Å². The molecule has 0 aliphatic carbocycles. The van der Waals surface area contributed by atoms with E-state index in [2.05, 4.69) is 4.90 Å². The second-order valence-electron chi connectivity index (χ2n) is 7.69. The van der Waals surface area contributed by atoms with Crippen LogP contribution in [-0.2, 0) is 11.3 Å². The highest BCUT2D eigenvalue weighted by molar-refractivity contribution is 6.05. The van der Waals surface area contributed by atoms with Crippen molar-refractivity contribution in [1.29, 1.82) is 0 Å². The number of anilines is 1.